The number of aliphatic hydroxyl groups excluding tert-OH is 1. The molecule has 5 nitrogen and oxygen atoms in total. The Kier molecular flexibility index (Phi) is 3.62. The highest BCUT2D eigenvalue weighted by atomic mass is 16.6. The Morgan fingerprint density at radius 3 is 2.80 bits per heavy atom. The third-order valence-corrected chi connectivity index (χ3v) is 2.02. The number of rotatable bonds is 4. The summed E-state index contributed by atoms with van der Waals surface area (Å²) < 4.78 is 0. The summed E-state index contributed by atoms with van der Waals surface area (Å²) in [5, 5.41) is 22.7. The molecule has 0 spiro atoms. The van der Waals surface area contributed by atoms with Gasteiger partial charge in [-0.2, -0.15) is 0 Å². The number of nitrogens with one attached hydrogen (secondary N) is 1. The molecule has 0 saturated heterocycles. The highest BCUT2D eigenvalue weighted by Gasteiger charge is 2.15. The van der Waals surface area contributed by atoms with Crippen LogP contribution in [0.3, 0.4) is 0 Å². The Morgan fingerprint density at radius 2 is 2.27 bits per heavy atom. The van der Waals surface area contributed by atoms with Crippen LogP contribution in [0, 0.1) is 17.0 Å². The molecule has 0 aromatic heterocycles. The summed E-state index contributed by atoms with van der Waals surface area (Å²) >= 11 is 0. The number of hydrogen-bond acceptors (Lipinski definition) is 4. The lowest BCUT2D eigenvalue weighted by Gasteiger charge is -2.11. The first-order valence-corrected chi connectivity index (χ1v) is 4.68. The molecule has 0 amide bonds. The Hall–Kier alpha value is -1.62. The van der Waals surface area contributed by atoms with E-state index in [4.69, 9.17) is 5.11 Å². The summed E-state index contributed by atoms with van der Waals surface area (Å²) in [6.07, 6.45) is -0.538. The van der Waals surface area contributed by atoms with E-state index >= 15 is 0 Å². The van der Waals surface area contributed by atoms with Gasteiger partial charge in [0.25, 0.3) is 5.69 Å². The van der Waals surface area contributed by atoms with Crippen molar-refractivity contribution in [1.29, 1.82) is 0 Å². The van der Waals surface area contributed by atoms with Crippen LogP contribution in [0.15, 0.2) is 18.2 Å². The van der Waals surface area contributed by atoms with Crippen LogP contribution in [0.5, 0.6) is 0 Å². The first kappa shape index (κ1) is 11.5. The van der Waals surface area contributed by atoms with Crippen molar-refractivity contribution in [3.05, 3.63) is 33.9 Å². The number of aliphatic hydroxyl groups is 1. The quantitative estimate of drug-likeness (QED) is 0.585. The van der Waals surface area contributed by atoms with E-state index < -0.39 is 11.0 Å². The van der Waals surface area contributed by atoms with E-state index in [1.165, 1.54) is 6.07 Å². The number of anilines is 1. The SMILES string of the molecule is Cc1cccc([N+](=O)[O-])c1NCC(C)O. The van der Waals surface area contributed by atoms with Crippen molar-refractivity contribution in [2.75, 3.05) is 11.9 Å². The molecule has 1 rings (SSSR count). The highest BCUT2D eigenvalue weighted by Crippen LogP contribution is 2.27. The fourth-order valence-corrected chi connectivity index (χ4v) is 1.28. The zero-order chi connectivity index (χ0) is 11.4. The van der Waals surface area contributed by atoms with E-state index in [2.05, 4.69) is 5.32 Å². The molecule has 0 radical (unpaired) electrons. The Bertz CT molecular complexity index is 364. The Morgan fingerprint density at radius 1 is 1.60 bits per heavy atom. The second-order valence-electron chi connectivity index (χ2n) is 3.46. The van der Waals surface area contributed by atoms with E-state index in [0.29, 0.717) is 12.2 Å². The maximum atomic E-state index is 10.7. The van der Waals surface area contributed by atoms with Gasteiger partial charge < -0.3 is 10.4 Å². The maximum Gasteiger partial charge on any atom is 0.292 e. The summed E-state index contributed by atoms with van der Waals surface area (Å²) in [6, 6.07) is 4.87. The van der Waals surface area contributed by atoms with Gasteiger partial charge in [-0.3, -0.25) is 10.1 Å². The Labute approximate surface area is 87.9 Å². The molecule has 0 heterocycles. The molecule has 82 valence electrons. The number of hydrogen-bond donors (Lipinski definition) is 2. The minimum atomic E-state index is -0.538. The third-order valence-electron chi connectivity index (χ3n) is 2.02. The average molecular weight is 210 g/mol. The second-order valence-corrected chi connectivity index (χ2v) is 3.46. The van der Waals surface area contributed by atoms with Gasteiger partial charge in [0.05, 0.1) is 11.0 Å². The normalized spacial score (nSPS) is 12.2. The minimum Gasteiger partial charge on any atom is -0.392 e. The smallest absolute Gasteiger partial charge is 0.292 e. The van der Waals surface area contributed by atoms with Gasteiger partial charge in [-0.1, -0.05) is 12.1 Å². The van der Waals surface area contributed by atoms with Crippen LogP contribution < -0.4 is 5.32 Å². The number of nitro benzene ring substituents is 1. The van der Waals surface area contributed by atoms with Gasteiger partial charge in [0.2, 0.25) is 0 Å². The number of para-hydroxylation sites is 1. The van der Waals surface area contributed by atoms with E-state index in [-0.39, 0.29) is 5.69 Å². The summed E-state index contributed by atoms with van der Waals surface area (Å²) in [4.78, 5) is 10.3. The van der Waals surface area contributed by atoms with E-state index in [9.17, 15) is 10.1 Å². The van der Waals surface area contributed by atoms with Crippen molar-refractivity contribution < 1.29 is 10.0 Å². The molecule has 1 aromatic rings. The third kappa shape index (κ3) is 2.92. The number of nitro groups is 1. The molecule has 1 aromatic carbocycles. The molecule has 0 aliphatic rings. The molecule has 2 N–H and O–H groups in total. The first-order valence-electron chi connectivity index (χ1n) is 4.68. The summed E-state index contributed by atoms with van der Waals surface area (Å²) in [5.74, 6) is 0. The van der Waals surface area contributed by atoms with Crippen LogP contribution in [-0.4, -0.2) is 22.7 Å². The lowest BCUT2D eigenvalue weighted by molar-refractivity contribution is -0.384. The second kappa shape index (κ2) is 4.75. The van der Waals surface area contributed by atoms with Crippen LogP contribution in [0.25, 0.3) is 0 Å². The van der Waals surface area contributed by atoms with Crippen molar-refractivity contribution in [3.63, 3.8) is 0 Å². The molecule has 0 bridgehead atoms. The van der Waals surface area contributed by atoms with Crippen LogP contribution in [0.4, 0.5) is 11.4 Å². The largest absolute Gasteiger partial charge is 0.392 e. The zero-order valence-electron chi connectivity index (χ0n) is 8.73. The molecule has 1 unspecified atom stereocenters. The van der Waals surface area contributed by atoms with Crippen molar-refractivity contribution in [2.24, 2.45) is 0 Å². The lowest BCUT2D eigenvalue weighted by atomic mass is 10.1. The molecule has 1 atom stereocenters. The molecule has 0 aliphatic carbocycles. The van der Waals surface area contributed by atoms with Gasteiger partial charge in [0.1, 0.15) is 5.69 Å². The van der Waals surface area contributed by atoms with Crippen LogP contribution >= 0.6 is 0 Å². The summed E-state index contributed by atoms with van der Waals surface area (Å²) in [7, 11) is 0. The fraction of sp³-hybridized carbons (Fsp3) is 0.400. The maximum absolute atomic E-state index is 10.7. The number of benzene rings is 1. The van der Waals surface area contributed by atoms with Gasteiger partial charge in [-0.15, -0.1) is 0 Å². The van der Waals surface area contributed by atoms with Gasteiger partial charge in [-0.25, -0.2) is 0 Å². The van der Waals surface area contributed by atoms with Crippen molar-refractivity contribution >= 4 is 11.4 Å². The van der Waals surface area contributed by atoms with E-state index in [1.54, 1.807) is 26.0 Å². The Balaban J connectivity index is 2.97. The van der Waals surface area contributed by atoms with Crippen LogP contribution in [0.2, 0.25) is 0 Å². The zero-order valence-corrected chi connectivity index (χ0v) is 8.73. The highest BCUT2D eigenvalue weighted by molar-refractivity contribution is 5.65. The number of nitrogens with zero attached hydrogens (tertiary/aromatic N) is 1. The standard InChI is InChI=1S/C10H14N2O3/c1-7-4-3-5-9(12(14)15)10(7)11-6-8(2)13/h3-5,8,11,13H,6H2,1-2H3. The van der Waals surface area contributed by atoms with Crippen LogP contribution in [0.1, 0.15) is 12.5 Å². The summed E-state index contributed by atoms with van der Waals surface area (Å²) in [6.45, 7) is 3.71. The van der Waals surface area contributed by atoms with Crippen molar-refractivity contribution in [2.45, 2.75) is 20.0 Å². The molecule has 15 heavy (non-hydrogen) atoms. The van der Waals surface area contributed by atoms with Gasteiger partial charge in [-0.05, 0) is 19.4 Å². The molecular weight excluding hydrogens is 196 g/mol. The monoisotopic (exact) mass is 210 g/mol. The van der Waals surface area contributed by atoms with E-state index in [1.807, 2.05) is 0 Å². The minimum absolute atomic E-state index is 0.0376. The average Bonchev–Trinajstić information content (AvgIpc) is 2.15. The fourth-order valence-electron chi connectivity index (χ4n) is 1.28. The molecule has 0 saturated carbocycles. The first-order chi connectivity index (χ1) is 7.02. The van der Waals surface area contributed by atoms with Gasteiger partial charge >= 0.3 is 0 Å². The van der Waals surface area contributed by atoms with Crippen molar-refractivity contribution in [1.82, 2.24) is 0 Å². The topological polar surface area (TPSA) is 75.4 Å². The molecule has 5 heteroatoms. The number of aryl methyl sites for hydroxylation is 1. The predicted molar refractivity (Wildman–Crippen MR) is 58.0 cm³/mol. The van der Waals surface area contributed by atoms with Crippen LogP contribution in [-0.2, 0) is 0 Å². The molecule has 0 aliphatic heterocycles. The van der Waals surface area contributed by atoms with E-state index in [0.717, 1.165) is 5.56 Å². The van der Waals surface area contributed by atoms with Crippen molar-refractivity contribution in [3.8, 4) is 0 Å². The summed E-state index contributed by atoms with van der Waals surface area (Å²) in [5.41, 5.74) is 1.31. The molecule has 0 fully saturated rings. The lowest BCUT2D eigenvalue weighted by Crippen LogP contribution is -2.16. The van der Waals surface area contributed by atoms with Gasteiger partial charge in [0, 0.05) is 12.6 Å². The van der Waals surface area contributed by atoms with Gasteiger partial charge in [0.15, 0.2) is 0 Å². The molecular formula is C10H14N2O3. The predicted octanol–water partition coefficient (Wildman–Crippen LogP) is 1.70.